The number of methoxy groups -OCH3 is 1. The lowest BCUT2D eigenvalue weighted by Crippen LogP contribution is -2.37. The summed E-state index contributed by atoms with van der Waals surface area (Å²) in [5.74, 6) is 0.686. The van der Waals surface area contributed by atoms with Crippen LogP contribution < -0.4 is 9.64 Å². The van der Waals surface area contributed by atoms with Crippen LogP contribution >= 0.6 is 7.60 Å². The van der Waals surface area contributed by atoms with Gasteiger partial charge in [0.15, 0.2) is 0 Å². The highest BCUT2D eigenvalue weighted by Crippen LogP contribution is 2.48. The van der Waals surface area contributed by atoms with Crippen molar-refractivity contribution in [3.8, 4) is 5.75 Å². The van der Waals surface area contributed by atoms with E-state index < -0.39 is 19.8 Å². The number of hydrogen-bond acceptors (Lipinski definition) is 6. The fraction of sp³-hybridized carbons (Fsp3) is 0.438. The maximum absolute atomic E-state index is 12.3. The molecule has 0 saturated carbocycles. The van der Waals surface area contributed by atoms with Crippen molar-refractivity contribution in [3.05, 3.63) is 36.9 Å². The average molecular weight is 355 g/mol. The fourth-order valence-electron chi connectivity index (χ4n) is 2.62. The molecule has 0 radical (unpaired) electrons. The van der Waals surface area contributed by atoms with Crippen LogP contribution in [0.25, 0.3) is 0 Å². The van der Waals surface area contributed by atoms with E-state index >= 15 is 0 Å². The molecular formula is C16H22NO6P. The van der Waals surface area contributed by atoms with Crippen LogP contribution in [0.5, 0.6) is 5.75 Å². The monoisotopic (exact) mass is 355 g/mol. The lowest BCUT2D eigenvalue weighted by atomic mass is 10.1. The Balaban J connectivity index is 2.24. The molecule has 0 spiro atoms. The minimum absolute atomic E-state index is 0.165. The molecule has 1 aromatic rings. The molecule has 7 nitrogen and oxygen atoms in total. The number of nitrogens with zero attached hydrogens (tertiary/aromatic N) is 1. The molecule has 1 aromatic carbocycles. The first-order valence-electron chi connectivity index (χ1n) is 7.45. The Bertz CT molecular complexity index is 624. The van der Waals surface area contributed by atoms with Gasteiger partial charge in [-0.3, -0.25) is 9.46 Å². The summed E-state index contributed by atoms with van der Waals surface area (Å²) in [6, 6.07) is 6.71. The SMILES string of the molecule is C=C[C@H]1OC(=O)N(c2ccc(OC)cc2)[C@@H]1CCP(=O)(OC)OC. The van der Waals surface area contributed by atoms with Crippen LogP contribution in [0.3, 0.4) is 0 Å². The first-order valence-corrected chi connectivity index (χ1v) is 9.17. The predicted octanol–water partition coefficient (Wildman–Crippen LogP) is 3.45. The van der Waals surface area contributed by atoms with Gasteiger partial charge in [-0.05, 0) is 36.8 Å². The number of anilines is 1. The summed E-state index contributed by atoms with van der Waals surface area (Å²) in [5.41, 5.74) is 0.666. The van der Waals surface area contributed by atoms with Gasteiger partial charge < -0.3 is 18.5 Å². The Kier molecular flexibility index (Phi) is 6.04. The van der Waals surface area contributed by atoms with Crippen LogP contribution in [-0.2, 0) is 18.3 Å². The van der Waals surface area contributed by atoms with Crippen LogP contribution in [0.15, 0.2) is 36.9 Å². The molecule has 2 atom stereocenters. The third-order valence-electron chi connectivity index (χ3n) is 3.98. The normalized spacial score (nSPS) is 20.8. The van der Waals surface area contributed by atoms with Crippen molar-refractivity contribution < 1.29 is 27.9 Å². The second kappa shape index (κ2) is 7.83. The van der Waals surface area contributed by atoms with E-state index in [-0.39, 0.29) is 12.2 Å². The molecule has 2 rings (SSSR count). The molecule has 0 bridgehead atoms. The number of hydrogen-bond donors (Lipinski definition) is 0. The first-order chi connectivity index (χ1) is 11.5. The number of ether oxygens (including phenoxy) is 2. The quantitative estimate of drug-likeness (QED) is 0.525. The van der Waals surface area contributed by atoms with Crippen molar-refractivity contribution in [2.45, 2.75) is 18.6 Å². The lowest BCUT2D eigenvalue weighted by Gasteiger charge is -2.25. The van der Waals surface area contributed by atoms with Crippen molar-refractivity contribution in [1.82, 2.24) is 0 Å². The van der Waals surface area contributed by atoms with E-state index in [1.165, 1.54) is 19.1 Å². The standard InChI is InChI=1S/C16H22NO6P/c1-5-15-14(10-11-24(19,21-3)22-4)17(16(18)23-15)12-6-8-13(20-2)9-7-12/h5-9,14-15H,1,10-11H2,2-4H3/t14-,15-/m1/s1. The Morgan fingerprint density at radius 3 is 2.38 bits per heavy atom. The minimum Gasteiger partial charge on any atom is -0.497 e. The summed E-state index contributed by atoms with van der Waals surface area (Å²) in [4.78, 5) is 13.8. The summed E-state index contributed by atoms with van der Waals surface area (Å²) in [6.07, 6.45) is 1.14. The van der Waals surface area contributed by atoms with Crippen molar-refractivity contribution in [3.63, 3.8) is 0 Å². The molecule has 1 aliphatic heterocycles. The summed E-state index contributed by atoms with van der Waals surface area (Å²) < 4.78 is 32.7. The van der Waals surface area contributed by atoms with Crippen molar-refractivity contribution in [1.29, 1.82) is 0 Å². The summed E-state index contributed by atoms with van der Waals surface area (Å²) in [5, 5.41) is 0. The smallest absolute Gasteiger partial charge is 0.415 e. The number of amides is 1. The summed E-state index contributed by atoms with van der Waals surface area (Å²) in [6.45, 7) is 3.71. The van der Waals surface area contributed by atoms with Gasteiger partial charge in [0.25, 0.3) is 0 Å². The van der Waals surface area contributed by atoms with Crippen LogP contribution in [0.4, 0.5) is 10.5 Å². The first kappa shape index (κ1) is 18.5. The van der Waals surface area contributed by atoms with Gasteiger partial charge in [0.1, 0.15) is 11.9 Å². The molecule has 0 unspecified atom stereocenters. The number of benzene rings is 1. The third-order valence-corrected chi connectivity index (χ3v) is 5.90. The molecule has 1 fully saturated rings. The van der Waals surface area contributed by atoms with Crippen molar-refractivity contribution >= 4 is 19.4 Å². The van der Waals surface area contributed by atoms with Gasteiger partial charge in [-0.1, -0.05) is 6.58 Å². The molecule has 0 aliphatic carbocycles. The predicted molar refractivity (Wildman–Crippen MR) is 90.8 cm³/mol. The second-order valence-electron chi connectivity index (χ2n) is 5.21. The zero-order chi connectivity index (χ0) is 17.7. The maximum Gasteiger partial charge on any atom is 0.415 e. The Morgan fingerprint density at radius 1 is 1.25 bits per heavy atom. The van der Waals surface area contributed by atoms with E-state index in [0.29, 0.717) is 17.9 Å². The third kappa shape index (κ3) is 3.80. The molecule has 1 saturated heterocycles. The zero-order valence-corrected chi connectivity index (χ0v) is 14.9. The van der Waals surface area contributed by atoms with Gasteiger partial charge in [0, 0.05) is 19.9 Å². The second-order valence-corrected chi connectivity index (χ2v) is 7.61. The van der Waals surface area contributed by atoms with Gasteiger partial charge >= 0.3 is 13.7 Å². The van der Waals surface area contributed by atoms with Crippen molar-refractivity contribution in [2.24, 2.45) is 0 Å². The molecule has 24 heavy (non-hydrogen) atoms. The maximum atomic E-state index is 12.3. The number of carbonyl (C=O) groups excluding carboxylic acids is 1. The molecular weight excluding hydrogens is 333 g/mol. The van der Waals surface area contributed by atoms with E-state index in [0.717, 1.165) is 0 Å². The van der Waals surface area contributed by atoms with E-state index in [2.05, 4.69) is 6.58 Å². The Labute approximate surface area is 141 Å². The average Bonchev–Trinajstić information content (AvgIpc) is 2.95. The number of carbonyl (C=O) groups is 1. The lowest BCUT2D eigenvalue weighted by molar-refractivity contribution is 0.153. The van der Waals surface area contributed by atoms with Crippen LogP contribution in [0, 0.1) is 0 Å². The fourth-order valence-corrected chi connectivity index (χ4v) is 3.71. The minimum atomic E-state index is -3.17. The molecule has 8 heteroatoms. The van der Waals surface area contributed by atoms with Crippen LogP contribution in [0.2, 0.25) is 0 Å². The molecule has 0 aromatic heterocycles. The Hall–Kier alpha value is -1.82. The molecule has 1 amide bonds. The highest BCUT2D eigenvalue weighted by atomic mass is 31.2. The van der Waals surface area contributed by atoms with Gasteiger partial charge in [-0.15, -0.1) is 0 Å². The van der Waals surface area contributed by atoms with Gasteiger partial charge in [0.05, 0.1) is 19.3 Å². The molecule has 1 aliphatic rings. The van der Waals surface area contributed by atoms with E-state index in [4.69, 9.17) is 18.5 Å². The van der Waals surface area contributed by atoms with Crippen molar-refractivity contribution in [2.75, 3.05) is 32.4 Å². The van der Waals surface area contributed by atoms with Crippen LogP contribution in [-0.4, -0.2) is 45.7 Å². The topological polar surface area (TPSA) is 74.3 Å². The largest absolute Gasteiger partial charge is 0.497 e. The molecule has 132 valence electrons. The van der Waals surface area contributed by atoms with E-state index in [9.17, 15) is 9.36 Å². The highest BCUT2D eigenvalue weighted by molar-refractivity contribution is 7.53. The molecule has 1 heterocycles. The van der Waals surface area contributed by atoms with E-state index in [1.807, 2.05) is 0 Å². The van der Waals surface area contributed by atoms with Crippen LogP contribution in [0.1, 0.15) is 6.42 Å². The van der Waals surface area contributed by atoms with E-state index in [1.54, 1.807) is 37.5 Å². The number of cyclic esters (lactones) is 1. The summed E-state index contributed by atoms with van der Waals surface area (Å²) >= 11 is 0. The molecule has 0 N–H and O–H groups in total. The van der Waals surface area contributed by atoms with Gasteiger partial charge in [0.2, 0.25) is 0 Å². The zero-order valence-electron chi connectivity index (χ0n) is 14.0. The van der Waals surface area contributed by atoms with Gasteiger partial charge in [-0.2, -0.15) is 0 Å². The number of rotatable bonds is 8. The summed E-state index contributed by atoms with van der Waals surface area (Å²) in [7, 11) is 1.08. The highest BCUT2D eigenvalue weighted by Gasteiger charge is 2.42. The Morgan fingerprint density at radius 2 is 1.88 bits per heavy atom. The van der Waals surface area contributed by atoms with Gasteiger partial charge in [-0.25, -0.2) is 4.79 Å².